The summed E-state index contributed by atoms with van der Waals surface area (Å²) < 4.78 is 13.6. The van der Waals surface area contributed by atoms with Crippen molar-refractivity contribution in [3.63, 3.8) is 0 Å². The summed E-state index contributed by atoms with van der Waals surface area (Å²) in [5, 5.41) is 2.59. The first-order valence-electron chi connectivity index (χ1n) is 6.08. The molecule has 3 nitrogen and oxygen atoms in total. The van der Waals surface area contributed by atoms with E-state index in [1.54, 1.807) is 6.07 Å². The lowest BCUT2D eigenvalue weighted by atomic mass is 9.85. The molecule has 0 saturated heterocycles. The summed E-state index contributed by atoms with van der Waals surface area (Å²) in [6.45, 7) is 0. The number of nitrogens with one attached hydrogen (secondary N) is 1. The number of halogens is 2. The Morgan fingerprint density at radius 3 is 2.94 bits per heavy atom. The van der Waals surface area contributed by atoms with Crippen molar-refractivity contribution < 1.29 is 9.18 Å². The molecular weight excluding hydrogens is 255 g/mol. The highest BCUT2D eigenvalue weighted by atomic mass is 35.5. The van der Waals surface area contributed by atoms with Crippen molar-refractivity contribution in [2.75, 3.05) is 5.32 Å². The summed E-state index contributed by atoms with van der Waals surface area (Å²) in [4.78, 5) is 12.0. The van der Waals surface area contributed by atoms with Crippen LogP contribution >= 0.6 is 11.6 Å². The normalized spacial score (nSPS) is 23.7. The summed E-state index contributed by atoms with van der Waals surface area (Å²) in [6, 6.07) is 4.62. The molecule has 1 amide bonds. The van der Waals surface area contributed by atoms with Crippen LogP contribution in [0.15, 0.2) is 18.2 Å². The van der Waals surface area contributed by atoms with Gasteiger partial charge in [-0.2, -0.15) is 0 Å². The minimum atomic E-state index is -0.590. The van der Waals surface area contributed by atoms with E-state index in [0.717, 1.165) is 19.3 Å². The van der Waals surface area contributed by atoms with Crippen molar-refractivity contribution in [2.24, 2.45) is 11.7 Å². The largest absolute Gasteiger partial charge is 0.328 e. The second-order valence-corrected chi connectivity index (χ2v) is 5.12. The Labute approximate surface area is 111 Å². The van der Waals surface area contributed by atoms with Crippen molar-refractivity contribution in [2.45, 2.75) is 31.7 Å². The third-order valence-electron chi connectivity index (χ3n) is 3.30. The second-order valence-electron chi connectivity index (χ2n) is 4.71. The van der Waals surface area contributed by atoms with Gasteiger partial charge in [0.1, 0.15) is 0 Å². The minimum absolute atomic E-state index is 0.00754. The standard InChI is InChI=1S/C13H16ClFN2O/c14-10-5-2-6-11(12(10)15)17-13(18)8-3-1-4-9(16)7-8/h2,5-6,8-9H,1,3-4,7,16H2,(H,17,18). The van der Waals surface area contributed by atoms with E-state index in [4.69, 9.17) is 17.3 Å². The molecule has 2 rings (SSSR count). The number of hydrogen-bond acceptors (Lipinski definition) is 2. The molecule has 0 heterocycles. The first-order valence-corrected chi connectivity index (χ1v) is 6.46. The molecular formula is C13H16ClFN2O. The van der Waals surface area contributed by atoms with Gasteiger partial charge in [0.05, 0.1) is 10.7 Å². The van der Waals surface area contributed by atoms with Crippen LogP contribution in [0, 0.1) is 11.7 Å². The van der Waals surface area contributed by atoms with E-state index in [1.165, 1.54) is 12.1 Å². The van der Waals surface area contributed by atoms with E-state index in [2.05, 4.69) is 5.32 Å². The van der Waals surface area contributed by atoms with E-state index >= 15 is 0 Å². The van der Waals surface area contributed by atoms with Crippen molar-refractivity contribution in [1.29, 1.82) is 0 Å². The van der Waals surface area contributed by atoms with Crippen molar-refractivity contribution in [3.8, 4) is 0 Å². The highest BCUT2D eigenvalue weighted by Gasteiger charge is 2.25. The summed E-state index contributed by atoms with van der Waals surface area (Å²) in [5.41, 5.74) is 5.97. The third kappa shape index (κ3) is 3.00. The van der Waals surface area contributed by atoms with Crippen molar-refractivity contribution in [1.82, 2.24) is 0 Å². The molecule has 0 bridgehead atoms. The van der Waals surface area contributed by atoms with E-state index in [9.17, 15) is 9.18 Å². The smallest absolute Gasteiger partial charge is 0.227 e. The van der Waals surface area contributed by atoms with Gasteiger partial charge in [0.15, 0.2) is 5.82 Å². The Hall–Kier alpha value is -1.13. The number of carbonyl (C=O) groups excluding carboxylic acids is 1. The van der Waals surface area contributed by atoms with E-state index in [0.29, 0.717) is 6.42 Å². The molecule has 1 fully saturated rings. The Morgan fingerprint density at radius 2 is 2.22 bits per heavy atom. The van der Waals surface area contributed by atoms with Crippen molar-refractivity contribution >= 4 is 23.2 Å². The first kappa shape index (κ1) is 13.3. The SMILES string of the molecule is NC1CCCC(C(=O)Nc2cccc(Cl)c2F)C1. The molecule has 0 aromatic heterocycles. The number of carbonyl (C=O) groups is 1. The lowest BCUT2D eigenvalue weighted by Gasteiger charge is -2.25. The van der Waals surface area contributed by atoms with Gasteiger partial charge in [-0.3, -0.25) is 4.79 Å². The number of benzene rings is 1. The molecule has 1 aromatic rings. The van der Waals surface area contributed by atoms with Gasteiger partial charge in [-0.1, -0.05) is 24.1 Å². The summed E-state index contributed by atoms with van der Waals surface area (Å²) >= 11 is 5.66. The van der Waals surface area contributed by atoms with E-state index in [-0.39, 0.29) is 28.6 Å². The molecule has 0 aliphatic heterocycles. The van der Waals surface area contributed by atoms with Gasteiger partial charge in [-0.15, -0.1) is 0 Å². The monoisotopic (exact) mass is 270 g/mol. The van der Waals surface area contributed by atoms with Crippen LogP contribution < -0.4 is 11.1 Å². The summed E-state index contributed by atoms with van der Waals surface area (Å²) in [5.74, 6) is -0.897. The highest BCUT2D eigenvalue weighted by molar-refractivity contribution is 6.31. The fraction of sp³-hybridized carbons (Fsp3) is 0.462. The fourth-order valence-corrected chi connectivity index (χ4v) is 2.48. The molecule has 3 N–H and O–H groups in total. The van der Waals surface area contributed by atoms with Crippen LogP contribution in [0.3, 0.4) is 0 Å². The molecule has 0 spiro atoms. The van der Waals surface area contributed by atoms with Gasteiger partial charge in [0.2, 0.25) is 5.91 Å². The zero-order valence-corrected chi connectivity index (χ0v) is 10.7. The molecule has 1 saturated carbocycles. The van der Waals surface area contributed by atoms with Gasteiger partial charge in [0.25, 0.3) is 0 Å². The summed E-state index contributed by atoms with van der Waals surface area (Å²) in [6.07, 6.45) is 3.36. The Morgan fingerprint density at radius 1 is 1.44 bits per heavy atom. The maximum Gasteiger partial charge on any atom is 0.227 e. The Bertz CT molecular complexity index is 453. The number of amides is 1. The van der Waals surface area contributed by atoms with E-state index < -0.39 is 5.82 Å². The van der Waals surface area contributed by atoms with Gasteiger partial charge in [-0.05, 0) is 31.4 Å². The van der Waals surface area contributed by atoms with Crippen LogP contribution in [0.25, 0.3) is 0 Å². The predicted octanol–water partition coefficient (Wildman–Crippen LogP) is 2.94. The molecule has 2 unspecified atom stereocenters. The molecule has 1 aliphatic rings. The fourth-order valence-electron chi connectivity index (χ4n) is 2.30. The molecule has 2 atom stereocenters. The first-order chi connectivity index (χ1) is 8.58. The zero-order valence-electron chi connectivity index (χ0n) is 9.96. The van der Waals surface area contributed by atoms with Gasteiger partial charge in [-0.25, -0.2) is 4.39 Å². The lowest BCUT2D eigenvalue weighted by Crippen LogP contribution is -2.34. The Kier molecular flexibility index (Phi) is 4.19. The van der Waals surface area contributed by atoms with Gasteiger partial charge >= 0.3 is 0 Å². The average molecular weight is 271 g/mol. The topological polar surface area (TPSA) is 55.1 Å². The molecule has 1 aliphatic carbocycles. The number of nitrogens with two attached hydrogens (primary N) is 1. The minimum Gasteiger partial charge on any atom is -0.328 e. The lowest BCUT2D eigenvalue weighted by molar-refractivity contribution is -0.120. The molecule has 0 radical (unpaired) electrons. The predicted molar refractivity (Wildman–Crippen MR) is 70.0 cm³/mol. The zero-order chi connectivity index (χ0) is 13.1. The molecule has 1 aromatic carbocycles. The molecule has 5 heteroatoms. The highest BCUT2D eigenvalue weighted by Crippen LogP contribution is 2.26. The van der Waals surface area contributed by atoms with Gasteiger partial charge in [0, 0.05) is 12.0 Å². The summed E-state index contributed by atoms with van der Waals surface area (Å²) in [7, 11) is 0. The van der Waals surface area contributed by atoms with Crippen LogP contribution in [-0.4, -0.2) is 11.9 Å². The second kappa shape index (κ2) is 5.67. The van der Waals surface area contributed by atoms with Gasteiger partial charge < -0.3 is 11.1 Å². The third-order valence-corrected chi connectivity index (χ3v) is 3.59. The number of rotatable bonds is 2. The van der Waals surface area contributed by atoms with Crippen LogP contribution in [0.2, 0.25) is 5.02 Å². The quantitative estimate of drug-likeness (QED) is 0.868. The number of anilines is 1. The molecule has 18 heavy (non-hydrogen) atoms. The maximum absolute atomic E-state index is 13.6. The van der Waals surface area contributed by atoms with Crippen LogP contribution in [-0.2, 0) is 4.79 Å². The Balaban J connectivity index is 2.04. The number of hydrogen-bond donors (Lipinski definition) is 2. The maximum atomic E-state index is 13.6. The van der Waals surface area contributed by atoms with Crippen LogP contribution in [0.5, 0.6) is 0 Å². The van der Waals surface area contributed by atoms with E-state index in [1.807, 2.05) is 0 Å². The van der Waals surface area contributed by atoms with Crippen molar-refractivity contribution in [3.05, 3.63) is 29.0 Å². The van der Waals surface area contributed by atoms with Crippen LogP contribution in [0.1, 0.15) is 25.7 Å². The molecule has 98 valence electrons. The average Bonchev–Trinajstić information content (AvgIpc) is 2.35. The van der Waals surface area contributed by atoms with Crippen LogP contribution in [0.4, 0.5) is 10.1 Å².